The summed E-state index contributed by atoms with van der Waals surface area (Å²) in [5.74, 6) is -1.76. The number of ether oxygens (including phenoxy) is 1. The highest BCUT2D eigenvalue weighted by Crippen LogP contribution is 2.23. The van der Waals surface area contributed by atoms with Crippen molar-refractivity contribution >= 4 is 0 Å². The zero-order chi connectivity index (χ0) is 12.1. The highest BCUT2D eigenvalue weighted by atomic mass is 19.2. The first-order valence-corrected chi connectivity index (χ1v) is 5.34. The molecule has 0 amide bonds. The third kappa shape index (κ3) is 2.77. The molecule has 0 heterocycles. The molecule has 90 valence electrons. The molecule has 0 aromatic heterocycles. The standard InChI is InChI=1S/C12H17F2NO/c1-3-5-10(16-2)12(15)8-6-4-7-9(13)11(8)14/h4,6-7,10,12H,3,5,15H2,1-2H3. The first-order valence-electron chi connectivity index (χ1n) is 5.34. The van der Waals surface area contributed by atoms with Crippen molar-refractivity contribution in [3.8, 4) is 0 Å². The van der Waals surface area contributed by atoms with Crippen molar-refractivity contribution in [3.05, 3.63) is 35.4 Å². The predicted octanol–water partition coefficient (Wildman–Crippen LogP) is 2.78. The SMILES string of the molecule is CCCC(OC)C(N)c1cccc(F)c1F. The van der Waals surface area contributed by atoms with Gasteiger partial charge in [-0.05, 0) is 12.5 Å². The number of halogens is 2. The minimum atomic E-state index is -0.881. The van der Waals surface area contributed by atoms with Crippen molar-refractivity contribution in [2.24, 2.45) is 5.73 Å². The van der Waals surface area contributed by atoms with E-state index in [1.165, 1.54) is 19.2 Å². The third-order valence-electron chi connectivity index (χ3n) is 2.62. The Labute approximate surface area is 94.4 Å². The highest BCUT2D eigenvalue weighted by molar-refractivity contribution is 5.23. The second-order valence-corrected chi connectivity index (χ2v) is 3.73. The van der Waals surface area contributed by atoms with Gasteiger partial charge in [-0.15, -0.1) is 0 Å². The largest absolute Gasteiger partial charge is 0.379 e. The summed E-state index contributed by atoms with van der Waals surface area (Å²) in [5.41, 5.74) is 6.04. The lowest BCUT2D eigenvalue weighted by atomic mass is 9.98. The maximum absolute atomic E-state index is 13.5. The van der Waals surface area contributed by atoms with Crippen molar-refractivity contribution in [1.82, 2.24) is 0 Å². The van der Waals surface area contributed by atoms with Gasteiger partial charge in [0, 0.05) is 12.7 Å². The Hall–Kier alpha value is -1.00. The van der Waals surface area contributed by atoms with E-state index in [1.807, 2.05) is 6.92 Å². The molecule has 0 saturated carbocycles. The minimum absolute atomic E-state index is 0.167. The first kappa shape index (κ1) is 13.1. The van der Waals surface area contributed by atoms with Gasteiger partial charge in [-0.3, -0.25) is 0 Å². The van der Waals surface area contributed by atoms with Crippen molar-refractivity contribution < 1.29 is 13.5 Å². The number of hydrogen-bond acceptors (Lipinski definition) is 2. The van der Waals surface area contributed by atoms with Crippen LogP contribution >= 0.6 is 0 Å². The molecule has 1 rings (SSSR count). The van der Waals surface area contributed by atoms with Gasteiger partial charge in [0.2, 0.25) is 0 Å². The van der Waals surface area contributed by atoms with Crippen molar-refractivity contribution in [2.75, 3.05) is 7.11 Å². The molecule has 0 spiro atoms. The number of benzene rings is 1. The fourth-order valence-corrected chi connectivity index (χ4v) is 1.71. The van der Waals surface area contributed by atoms with Crippen LogP contribution in [0.3, 0.4) is 0 Å². The van der Waals surface area contributed by atoms with Crippen molar-refractivity contribution in [1.29, 1.82) is 0 Å². The van der Waals surface area contributed by atoms with Gasteiger partial charge in [-0.1, -0.05) is 25.5 Å². The van der Waals surface area contributed by atoms with E-state index in [0.29, 0.717) is 6.42 Å². The zero-order valence-corrected chi connectivity index (χ0v) is 9.54. The average Bonchev–Trinajstić information content (AvgIpc) is 2.29. The lowest BCUT2D eigenvalue weighted by Crippen LogP contribution is -2.29. The van der Waals surface area contributed by atoms with E-state index in [-0.39, 0.29) is 11.7 Å². The van der Waals surface area contributed by atoms with Crippen LogP contribution in [0.2, 0.25) is 0 Å². The van der Waals surface area contributed by atoms with Gasteiger partial charge in [0.15, 0.2) is 11.6 Å². The van der Waals surface area contributed by atoms with Crippen LogP contribution in [-0.4, -0.2) is 13.2 Å². The second-order valence-electron chi connectivity index (χ2n) is 3.73. The van der Waals surface area contributed by atoms with E-state index in [9.17, 15) is 8.78 Å². The topological polar surface area (TPSA) is 35.2 Å². The number of rotatable bonds is 5. The van der Waals surface area contributed by atoms with Crippen LogP contribution in [0.5, 0.6) is 0 Å². The molecule has 0 saturated heterocycles. The molecule has 1 aromatic carbocycles. The van der Waals surface area contributed by atoms with Crippen LogP contribution in [0, 0.1) is 11.6 Å². The number of hydrogen-bond donors (Lipinski definition) is 1. The summed E-state index contributed by atoms with van der Waals surface area (Å²) in [6, 6.07) is 3.38. The number of methoxy groups -OCH3 is 1. The van der Waals surface area contributed by atoms with E-state index in [1.54, 1.807) is 0 Å². The Morgan fingerprint density at radius 2 is 2.06 bits per heavy atom. The van der Waals surface area contributed by atoms with Crippen LogP contribution in [0.1, 0.15) is 31.4 Å². The fourth-order valence-electron chi connectivity index (χ4n) is 1.71. The van der Waals surface area contributed by atoms with E-state index in [0.717, 1.165) is 12.5 Å². The summed E-state index contributed by atoms with van der Waals surface area (Å²) < 4.78 is 31.7. The van der Waals surface area contributed by atoms with Crippen molar-refractivity contribution in [3.63, 3.8) is 0 Å². The lowest BCUT2D eigenvalue weighted by molar-refractivity contribution is 0.0713. The molecule has 0 aliphatic heterocycles. The van der Waals surface area contributed by atoms with Gasteiger partial charge >= 0.3 is 0 Å². The van der Waals surface area contributed by atoms with E-state index in [4.69, 9.17) is 10.5 Å². The maximum Gasteiger partial charge on any atom is 0.163 e. The summed E-state index contributed by atoms with van der Waals surface area (Å²) in [4.78, 5) is 0. The number of nitrogens with two attached hydrogens (primary N) is 1. The van der Waals surface area contributed by atoms with E-state index < -0.39 is 17.7 Å². The molecule has 0 aliphatic rings. The van der Waals surface area contributed by atoms with E-state index in [2.05, 4.69) is 0 Å². The Morgan fingerprint density at radius 1 is 1.38 bits per heavy atom. The van der Waals surface area contributed by atoms with Gasteiger partial charge in [-0.2, -0.15) is 0 Å². The summed E-state index contributed by atoms with van der Waals surface area (Å²) in [7, 11) is 1.53. The molecule has 0 bridgehead atoms. The predicted molar refractivity (Wildman–Crippen MR) is 59.0 cm³/mol. The monoisotopic (exact) mass is 229 g/mol. The molecule has 16 heavy (non-hydrogen) atoms. The molecule has 2 N–H and O–H groups in total. The fraction of sp³-hybridized carbons (Fsp3) is 0.500. The average molecular weight is 229 g/mol. The molecule has 2 atom stereocenters. The molecule has 2 nitrogen and oxygen atoms in total. The minimum Gasteiger partial charge on any atom is -0.379 e. The molecule has 2 unspecified atom stereocenters. The van der Waals surface area contributed by atoms with Gasteiger partial charge in [0.1, 0.15) is 0 Å². The Balaban J connectivity index is 2.94. The van der Waals surface area contributed by atoms with Crippen LogP contribution in [0.4, 0.5) is 8.78 Å². The smallest absolute Gasteiger partial charge is 0.163 e. The zero-order valence-electron chi connectivity index (χ0n) is 9.54. The Morgan fingerprint density at radius 3 is 2.62 bits per heavy atom. The highest BCUT2D eigenvalue weighted by Gasteiger charge is 2.22. The van der Waals surface area contributed by atoms with Gasteiger partial charge < -0.3 is 10.5 Å². The van der Waals surface area contributed by atoms with Crippen molar-refractivity contribution in [2.45, 2.75) is 31.9 Å². The van der Waals surface area contributed by atoms with Crippen LogP contribution in [-0.2, 0) is 4.74 Å². The van der Waals surface area contributed by atoms with Crippen LogP contribution in [0.15, 0.2) is 18.2 Å². The molecule has 4 heteroatoms. The molecular weight excluding hydrogens is 212 g/mol. The van der Waals surface area contributed by atoms with Gasteiger partial charge in [0.05, 0.1) is 12.1 Å². The summed E-state index contributed by atoms with van der Waals surface area (Å²) >= 11 is 0. The van der Waals surface area contributed by atoms with Gasteiger partial charge in [-0.25, -0.2) is 8.78 Å². The lowest BCUT2D eigenvalue weighted by Gasteiger charge is -2.22. The summed E-state index contributed by atoms with van der Waals surface area (Å²) in [6.45, 7) is 1.99. The Bertz CT molecular complexity index is 344. The normalized spacial score (nSPS) is 14.8. The van der Waals surface area contributed by atoms with Crippen LogP contribution in [0.25, 0.3) is 0 Å². The molecule has 1 aromatic rings. The van der Waals surface area contributed by atoms with E-state index >= 15 is 0 Å². The van der Waals surface area contributed by atoms with Crippen LogP contribution < -0.4 is 5.73 Å². The summed E-state index contributed by atoms with van der Waals surface area (Å²) in [6.07, 6.45) is 1.30. The maximum atomic E-state index is 13.5. The quantitative estimate of drug-likeness (QED) is 0.842. The molecule has 0 fully saturated rings. The first-order chi connectivity index (χ1) is 7.61. The third-order valence-corrected chi connectivity index (χ3v) is 2.62. The molecular formula is C12H17F2NO. The Kier molecular flexibility index (Phi) is 4.83. The van der Waals surface area contributed by atoms with Gasteiger partial charge in [0.25, 0.3) is 0 Å². The summed E-state index contributed by atoms with van der Waals surface area (Å²) in [5, 5.41) is 0. The molecule has 0 radical (unpaired) electrons. The molecule has 0 aliphatic carbocycles. The second kappa shape index (κ2) is 5.92.